The second-order valence-electron chi connectivity index (χ2n) is 4.41. The standard InChI is InChI=1S/C11H18N2O3S/c1-2-3-9(8-12)11(14)13-10-4-6-17(15,16)7-5-10/h9-10H,2-7H2,1H3,(H,13,14). The van der Waals surface area contributed by atoms with Crippen molar-refractivity contribution >= 4 is 15.7 Å². The molecule has 6 heteroatoms. The molecule has 0 radical (unpaired) electrons. The number of nitriles is 1. The summed E-state index contributed by atoms with van der Waals surface area (Å²) in [5.41, 5.74) is 0. The van der Waals surface area contributed by atoms with Gasteiger partial charge in [0.1, 0.15) is 15.8 Å². The number of hydrogen-bond donors (Lipinski definition) is 1. The highest BCUT2D eigenvalue weighted by Gasteiger charge is 2.26. The molecular weight excluding hydrogens is 240 g/mol. The van der Waals surface area contributed by atoms with E-state index < -0.39 is 15.8 Å². The number of nitrogens with zero attached hydrogens (tertiary/aromatic N) is 1. The van der Waals surface area contributed by atoms with E-state index in [4.69, 9.17) is 5.26 Å². The van der Waals surface area contributed by atoms with Crippen LogP contribution < -0.4 is 5.32 Å². The van der Waals surface area contributed by atoms with Crippen molar-refractivity contribution in [3.63, 3.8) is 0 Å². The number of nitrogens with one attached hydrogen (secondary N) is 1. The van der Waals surface area contributed by atoms with Crippen molar-refractivity contribution in [3.8, 4) is 6.07 Å². The van der Waals surface area contributed by atoms with Gasteiger partial charge in [-0.1, -0.05) is 13.3 Å². The smallest absolute Gasteiger partial charge is 0.237 e. The summed E-state index contributed by atoms with van der Waals surface area (Å²) in [6.45, 7) is 1.92. The zero-order chi connectivity index (χ0) is 12.9. The van der Waals surface area contributed by atoms with Crippen LogP contribution in [0, 0.1) is 17.2 Å². The normalized spacial score (nSPS) is 21.4. The molecule has 1 aliphatic heterocycles. The van der Waals surface area contributed by atoms with Crippen LogP contribution in [0.3, 0.4) is 0 Å². The van der Waals surface area contributed by atoms with Crippen LogP contribution >= 0.6 is 0 Å². The molecule has 1 amide bonds. The van der Waals surface area contributed by atoms with Gasteiger partial charge in [0.2, 0.25) is 5.91 Å². The average molecular weight is 258 g/mol. The number of hydrogen-bond acceptors (Lipinski definition) is 4. The summed E-state index contributed by atoms with van der Waals surface area (Å²) in [6, 6.07) is 1.88. The predicted molar refractivity (Wildman–Crippen MR) is 63.8 cm³/mol. The lowest BCUT2D eigenvalue weighted by Crippen LogP contribution is -2.43. The van der Waals surface area contributed by atoms with Crippen LogP contribution in [0.15, 0.2) is 0 Å². The summed E-state index contributed by atoms with van der Waals surface area (Å²) in [4.78, 5) is 11.7. The molecule has 1 rings (SSSR count). The molecule has 17 heavy (non-hydrogen) atoms. The molecule has 0 bridgehead atoms. The number of rotatable bonds is 4. The van der Waals surface area contributed by atoms with Gasteiger partial charge in [0.05, 0.1) is 17.6 Å². The molecule has 0 aromatic rings. The van der Waals surface area contributed by atoms with E-state index in [2.05, 4.69) is 5.32 Å². The van der Waals surface area contributed by atoms with Crippen molar-refractivity contribution in [2.45, 2.75) is 38.6 Å². The van der Waals surface area contributed by atoms with E-state index >= 15 is 0 Å². The molecule has 1 unspecified atom stereocenters. The minimum absolute atomic E-state index is 0.0984. The van der Waals surface area contributed by atoms with Crippen LogP contribution in [-0.4, -0.2) is 31.9 Å². The minimum Gasteiger partial charge on any atom is -0.352 e. The lowest BCUT2D eigenvalue weighted by molar-refractivity contribution is -0.124. The predicted octanol–water partition coefficient (Wildman–Crippen LogP) is 0.620. The Morgan fingerprint density at radius 3 is 2.53 bits per heavy atom. The van der Waals surface area contributed by atoms with E-state index in [9.17, 15) is 13.2 Å². The van der Waals surface area contributed by atoms with Crippen LogP contribution in [0.2, 0.25) is 0 Å². The topological polar surface area (TPSA) is 87.0 Å². The minimum atomic E-state index is -2.90. The van der Waals surface area contributed by atoms with Gasteiger partial charge < -0.3 is 5.32 Å². The molecule has 96 valence electrons. The van der Waals surface area contributed by atoms with Gasteiger partial charge in [0.15, 0.2) is 0 Å². The van der Waals surface area contributed by atoms with Crippen molar-refractivity contribution in [1.29, 1.82) is 5.26 Å². The number of carbonyl (C=O) groups is 1. The number of carbonyl (C=O) groups excluding carboxylic acids is 1. The summed E-state index contributed by atoms with van der Waals surface area (Å²) >= 11 is 0. The molecule has 1 atom stereocenters. The van der Waals surface area contributed by atoms with Gasteiger partial charge >= 0.3 is 0 Å². The molecule has 5 nitrogen and oxygen atoms in total. The fourth-order valence-electron chi connectivity index (χ4n) is 1.88. The average Bonchev–Trinajstić information content (AvgIpc) is 2.28. The van der Waals surface area contributed by atoms with Crippen molar-refractivity contribution in [2.75, 3.05) is 11.5 Å². The van der Waals surface area contributed by atoms with E-state index in [0.29, 0.717) is 19.3 Å². The van der Waals surface area contributed by atoms with Gasteiger partial charge in [-0.05, 0) is 19.3 Å². The third-order valence-electron chi connectivity index (χ3n) is 2.95. The fraction of sp³-hybridized carbons (Fsp3) is 0.818. The highest BCUT2D eigenvalue weighted by atomic mass is 32.2. The monoisotopic (exact) mass is 258 g/mol. The summed E-state index contributed by atoms with van der Waals surface area (Å²) in [5.74, 6) is -0.622. The van der Waals surface area contributed by atoms with Crippen molar-refractivity contribution < 1.29 is 13.2 Å². The maximum absolute atomic E-state index is 11.7. The molecule has 0 spiro atoms. The van der Waals surface area contributed by atoms with Crippen LogP contribution in [0.25, 0.3) is 0 Å². The lowest BCUT2D eigenvalue weighted by atomic mass is 10.0. The van der Waals surface area contributed by atoms with E-state index in [0.717, 1.165) is 6.42 Å². The second kappa shape index (κ2) is 6.01. The first kappa shape index (κ1) is 14.0. The molecule has 0 aromatic carbocycles. The summed E-state index contributed by atoms with van der Waals surface area (Å²) in [5, 5.41) is 11.6. The van der Waals surface area contributed by atoms with E-state index in [1.807, 2.05) is 13.0 Å². The van der Waals surface area contributed by atoms with Crippen molar-refractivity contribution in [3.05, 3.63) is 0 Å². The Balaban J connectivity index is 2.45. The number of amides is 1. The molecular formula is C11H18N2O3S. The van der Waals surface area contributed by atoms with Crippen molar-refractivity contribution in [1.82, 2.24) is 5.32 Å². The zero-order valence-corrected chi connectivity index (χ0v) is 10.8. The van der Waals surface area contributed by atoms with Crippen LogP contribution in [-0.2, 0) is 14.6 Å². The van der Waals surface area contributed by atoms with Gasteiger partial charge in [0.25, 0.3) is 0 Å². The van der Waals surface area contributed by atoms with Crippen LogP contribution in [0.1, 0.15) is 32.6 Å². The largest absolute Gasteiger partial charge is 0.352 e. The first-order chi connectivity index (χ1) is 7.98. The Kier molecular flexibility index (Phi) is 4.94. The summed E-state index contributed by atoms with van der Waals surface area (Å²) < 4.78 is 22.4. The Bertz CT molecular complexity index is 397. The Hall–Kier alpha value is -1.09. The highest BCUT2D eigenvalue weighted by molar-refractivity contribution is 7.91. The maximum atomic E-state index is 11.7. The molecule has 0 aromatic heterocycles. The Morgan fingerprint density at radius 1 is 1.47 bits per heavy atom. The highest BCUT2D eigenvalue weighted by Crippen LogP contribution is 2.13. The molecule has 1 aliphatic rings. The maximum Gasteiger partial charge on any atom is 0.237 e. The third-order valence-corrected chi connectivity index (χ3v) is 4.67. The molecule has 1 fully saturated rings. The van der Waals surface area contributed by atoms with E-state index in [-0.39, 0.29) is 23.5 Å². The van der Waals surface area contributed by atoms with Gasteiger partial charge in [-0.2, -0.15) is 5.26 Å². The zero-order valence-electron chi connectivity index (χ0n) is 9.98. The summed E-state index contributed by atoms with van der Waals surface area (Å²) in [6.07, 6.45) is 2.24. The van der Waals surface area contributed by atoms with E-state index in [1.165, 1.54) is 0 Å². The quantitative estimate of drug-likeness (QED) is 0.800. The Labute approximate surface area is 102 Å². The first-order valence-electron chi connectivity index (χ1n) is 5.89. The van der Waals surface area contributed by atoms with Gasteiger partial charge in [0, 0.05) is 6.04 Å². The third kappa shape index (κ3) is 4.35. The fourth-order valence-corrected chi connectivity index (χ4v) is 3.37. The molecule has 1 saturated heterocycles. The lowest BCUT2D eigenvalue weighted by Gasteiger charge is -2.23. The number of sulfone groups is 1. The Morgan fingerprint density at radius 2 is 2.06 bits per heavy atom. The molecule has 1 heterocycles. The SMILES string of the molecule is CCCC(C#N)C(=O)NC1CCS(=O)(=O)CC1. The van der Waals surface area contributed by atoms with E-state index in [1.54, 1.807) is 0 Å². The first-order valence-corrected chi connectivity index (χ1v) is 7.71. The second-order valence-corrected chi connectivity index (χ2v) is 6.71. The molecule has 1 N–H and O–H groups in total. The van der Waals surface area contributed by atoms with Gasteiger partial charge in [-0.15, -0.1) is 0 Å². The van der Waals surface area contributed by atoms with Crippen molar-refractivity contribution in [2.24, 2.45) is 5.92 Å². The molecule has 0 saturated carbocycles. The summed E-state index contributed by atoms with van der Waals surface area (Å²) in [7, 11) is -2.90. The molecule has 0 aliphatic carbocycles. The van der Waals surface area contributed by atoms with Gasteiger partial charge in [-0.3, -0.25) is 4.79 Å². The van der Waals surface area contributed by atoms with Crippen LogP contribution in [0.5, 0.6) is 0 Å². The van der Waals surface area contributed by atoms with Gasteiger partial charge in [-0.25, -0.2) is 8.42 Å². The van der Waals surface area contributed by atoms with Crippen LogP contribution in [0.4, 0.5) is 0 Å².